The molecule has 0 unspecified atom stereocenters. The van der Waals surface area contributed by atoms with Gasteiger partial charge in [0.05, 0.1) is 16.3 Å². The van der Waals surface area contributed by atoms with Crippen LogP contribution in [0.1, 0.15) is 5.69 Å². The molecule has 7 heteroatoms. The van der Waals surface area contributed by atoms with E-state index in [1.807, 2.05) is 24.4 Å². The predicted molar refractivity (Wildman–Crippen MR) is 100 cm³/mol. The zero-order valence-corrected chi connectivity index (χ0v) is 14.7. The zero-order chi connectivity index (χ0) is 18.1. The van der Waals surface area contributed by atoms with E-state index in [4.69, 9.17) is 4.98 Å². The summed E-state index contributed by atoms with van der Waals surface area (Å²) in [6.45, 7) is 4.98. The highest BCUT2D eigenvalue weighted by atomic mass is 16.6. The van der Waals surface area contributed by atoms with Gasteiger partial charge < -0.3 is 9.30 Å². The van der Waals surface area contributed by atoms with Gasteiger partial charge >= 0.3 is 0 Å². The van der Waals surface area contributed by atoms with Crippen molar-refractivity contribution >= 4 is 11.3 Å². The maximum atomic E-state index is 10.9. The van der Waals surface area contributed by atoms with Crippen molar-refractivity contribution in [3.63, 3.8) is 0 Å². The van der Waals surface area contributed by atoms with Gasteiger partial charge in [0.2, 0.25) is 0 Å². The van der Waals surface area contributed by atoms with Crippen molar-refractivity contribution in [1.82, 2.24) is 19.2 Å². The third-order valence-corrected chi connectivity index (χ3v) is 4.95. The second-order valence-corrected chi connectivity index (χ2v) is 6.72. The van der Waals surface area contributed by atoms with Gasteiger partial charge in [0, 0.05) is 56.6 Å². The van der Waals surface area contributed by atoms with Crippen LogP contribution >= 0.6 is 0 Å². The summed E-state index contributed by atoms with van der Waals surface area (Å²) in [6, 6.07) is 12.6. The molecule has 0 atom stereocenters. The van der Waals surface area contributed by atoms with Crippen molar-refractivity contribution in [2.75, 3.05) is 33.2 Å². The minimum Gasteiger partial charge on any atom is -0.304 e. The molecule has 0 amide bonds. The molecule has 7 nitrogen and oxygen atoms in total. The number of non-ortho nitro benzene ring substituents is 1. The first-order valence-electron chi connectivity index (χ1n) is 8.73. The lowest BCUT2D eigenvalue weighted by molar-refractivity contribution is -0.384. The van der Waals surface area contributed by atoms with E-state index < -0.39 is 0 Å². The number of nitro benzene ring substituents is 1. The van der Waals surface area contributed by atoms with Gasteiger partial charge in [0.1, 0.15) is 5.65 Å². The van der Waals surface area contributed by atoms with Crippen molar-refractivity contribution < 1.29 is 4.92 Å². The van der Waals surface area contributed by atoms with Crippen LogP contribution in [0.2, 0.25) is 0 Å². The van der Waals surface area contributed by atoms with Crippen LogP contribution in [-0.4, -0.2) is 57.3 Å². The average Bonchev–Trinajstić information content (AvgIpc) is 3.02. The number of hydrogen-bond acceptors (Lipinski definition) is 5. The third kappa shape index (κ3) is 3.18. The van der Waals surface area contributed by atoms with Gasteiger partial charge in [-0.2, -0.15) is 0 Å². The number of nitro groups is 1. The van der Waals surface area contributed by atoms with Crippen LogP contribution < -0.4 is 0 Å². The van der Waals surface area contributed by atoms with Gasteiger partial charge in [-0.05, 0) is 31.3 Å². The Morgan fingerprint density at radius 2 is 1.81 bits per heavy atom. The van der Waals surface area contributed by atoms with Crippen molar-refractivity contribution in [1.29, 1.82) is 0 Å². The van der Waals surface area contributed by atoms with Crippen LogP contribution in [0.25, 0.3) is 16.9 Å². The van der Waals surface area contributed by atoms with Crippen LogP contribution in [0.5, 0.6) is 0 Å². The molecule has 26 heavy (non-hydrogen) atoms. The number of imidazole rings is 1. The monoisotopic (exact) mass is 351 g/mol. The molecule has 1 aliphatic heterocycles. The number of likely N-dealkylation sites (N-methyl/N-ethyl adjacent to an activating group) is 1. The van der Waals surface area contributed by atoms with Crippen LogP contribution in [0.4, 0.5) is 5.69 Å². The lowest BCUT2D eigenvalue weighted by Gasteiger charge is -2.32. The highest BCUT2D eigenvalue weighted by Gasteiger charge is 2.20. The molecule has 3 aromatic rings. The van der Waals surface area contributed by atoms with E-state index in [9.17, 15) is 10.1 Å². The van der Waals surface area contributed by atoms with E-state index in [0.29, 0.717) is 0 Å². The Balaban J connectivity index is 1.72. The van der Waals surface area contributed by atoms with Gasteiger partial charge in [-0.3, -0.25) is 15.0 Å². The number of piperazine rings is 1. The SMILES string of the molecule is CN1CCN(Cc2c(-c3ccc([N+](=O)[O-])cc3)nc3ccccn23)CC1. The number of hydrogen-bond donors (Lipinski definition) is 0. The van der Waals surface area contributed by atoms with Crippen LogP contribution in [-0.2, 0) is 6.54 Å². The maximum absolute atomic E-state index is 10.9. The number of rotatable bonds is 4. The first-order valence-corrected chi connectivity index (χ1v) is 8.73. The summed E-state index contributed by atoms with van der Waals surface area (Å²) in [7, 11) is 2.15. The van der Waals surface area contributed by atoms with Crippen molar-refractivity contribution in [2.45, 2.75) is 6.54 Å². The van der Waals surface area contributed by atoms with E-state index >= 15 is 0 Å². The highest BCUT2D eigenvalue weighted by molar-refractivity contribution is 5.67. The average molecular weight is 351 g/mol. The normalized spacial score (nSPS) is 16.2. The van der Waals surface area contributed by atoms with Gasteiger partial charge in [-0.15, -0.1) is 0 Å². The Labute approximate surface area is 151 Å². The summed E-state index contributed by atoms with van der Waals surface area (Å²) in [5.41, 5.74) is 3.91. The molecular weight excluding hydrogens is 330 g/mol. The van der Waals surface area contributed by atoms with Crippen molar-refractivity contribution in [2.24, 2.45) is 0 Å². The van der Waals surface area contributed by atoms with E-state index in [0.717, 1.165) is 55.3 Å². The second kappa shape index (κ2) is 6.86. The molecule has 0 spiro atoms. The molecule has 0 saturated carbocycles. The molecule has 1 fully saturated rings. The molecule has 1 aromatic carbocycles. The molecule has 0 N–H and O–H groups in total. The second-order valence-electron chi connectivity index (χ2n) is 6.72. The first kappa shape index (κ1) is 16.7. The first-order chi connectivity index (χ1) is 12.6. The molecular formula is C19H21N5O2. The fourth-order valence-electron chi connectivity index (χ4n) is 3.39. The Kier molecular flexibility index (Phi) is 4.40. The van der Waals surface area contributed by atoms with Gasteiger partial charge in [0.15, 0.2) is 0 Å². The molecule has 2 aromatic heterocycles. The summed E-state index contributed by atoms with van der Waals surface area (Å²) in [5, 5.41) is 10.9. The number of pyridine rings is 1. The lowest BCUT2D eigenvalue weighted by Crippen LogP contribution is -2.44. The van der Waals surface area contributed by atoms with E-state index in [-0.39, 0.29) is 10.6 Å². The summed E-state index contributed by atoms with van der Waals surface area (Å²) in [4.78, 5) is 20.1. The smallest absolute Gasteiger partial charge is 0.269 e. The van der Waals surface area contributed by atoms with Gasteiger partial charge in [0.25, 0.3) is 5.69 Å². The Morgan fingerprint density at radius 1 is 1.08 bits per heavy atom. The van der Waals surface area contributed by atoms with Crippen molar-refractivity contribution in [3.05, 3.63) is 64.5 Å². The number of fused-ring (bicyclic) bond motifs is 1. The third-order valence-electron chi connectivity index (χ3n) is 4.95. The molecule has 4 rings (SSSR count). The van der Waals surface area contributed by atoms with E-state index in [2.05, 4.69) is 21.2 Å². The quantitative estimate of drug-likeness (QED) is 0.534. The summed E-state index contributed by atoms with van der Waals surface area (Å²) >= 11 is 0. The molecule has 1 aliphatic rings. The zero-order valence-electron chi connectivity index (χ0n) is 14.7. The number of nitrogens with zero attached hydrogens (tertiary/aromatic N) is 5. The predicted octanol–water partition coefficient (Wildman–Crippen LogP) is 2.66. The van der Waals surface area contributed by atoms with E-state index in [1.165, 1.54) is 0 Å². The van der Waals surface area contributed by atoms with Crippen LogP contribution in [0, 0.1) is 10.1 Å². The summed E-state index contributed by atoms with van der Waals surface area (Å²) < 4.78 is 2.12. The molecule has 0 aliphatic carbocycles. The fraction of sp³-hybridized carbons (Fsp3) is 0.316. The molecule has 0 radical (unpaired) electrons. The number of aromatic nitrogens is 2. The minimum absolute atomic E-state index is 0.0955. The van der Waals surface area contributed by atoms with Crippen molar-refractivity contribution in [3.8, 4) is 11.3 Å². The largest absolute Gasteiger partial charge is 0.304 e. The molecule has 134 valence electrons. The highest BCUT2D eigenvalue weighted by Crippen LogP contribution is 2.27. The van der Waals surface area contributed by atoms with Gasteiger partial charge in [-0.1, -0.05) is 6.07 Å². The molecule has 3 heterocycles. The lowest BCUT2D eigenvalue weighted by atomic mass is 10.1. The van der Waals surface area contributed by atoms with E-state index in [1.54, 1.807) is 24.3 Å². The summed E-state index contributed by atoms with van der Waals surface area (Å²) in [6.07, 6.45) is 2.03. The fourth-order valence-corrected chi connectivity index (χ4v) is 3.39. The Morgan fingerprint density at radius 3 is 2.50 bits per heavy atom. The molecule has 1 saturated heterocycles. The topological polar surface area (TPSA) is 66.9 Å². The Bertz CT molecular complexity index is 927. The van der Waals surface area contributed by atoms with Crippen LogP contribution in [0.15, 0.2) is 48.7 Å². The number of benzene rings is 1. The van der Waals surface area contributed by atoms with Crippen LogP contribution in [0.3, 0.4) is 0 Å². The molecule has 0 bridgehead atoms. The van der Waals surface area contributed by atoms with Gasteiger partial charge in [-0.25, -0.2) is 4.98 Å². The standard InChI is InChI=1S/C19H21N5O2/c1-21-10-12-22(13-11-21)14-17-19(20-18-4-2-3-9-23(17)18)15-5-7-16(8-6-15)24(25)26/h2-9H,10-14H2,1H3. The minimum atomic E-state index is -0.376. The maximum Gasteiger partial charge on any atom is 0.269 e. The summed E-state index contributed by atoms with van der Waals surface area (Å²) in [5.74, 6) is 0. The Hall–Kier alpha value is -2.77.